The van der Waals surface area contributed by atoms with E-state index in [1.165, 1.54) is 22.8 Å². The zero-order valence-electron chi connectivity index (χ0n) is 20.9. The first-order valence-electron chi connectivity index (χ1n) is 12.2. The van der Waals surface area contributed by atoms with Crippen LogP contribution >= 0.6 is 0 Å². The standard InChI is InChI=1S/C27H22FN9O3/c1-2-23(38)33-18-4-3-5-20(9-18)37-25-16(8-22(26(37)39)40-24-7-6-17(28)11-30-24)10-31-27(35-25)34-19-12-32-36(15-19)21-13-29-14-21/h2-12,15,21,29H,1,13-14H2,(H,33,38)(H,31,34,35). The van der Waals surface area contributed by atoms with E-state index in [4.69, 9.17) is 4.74 Å². The Hall–Kier alpha value is -5.43. The topological polar surface area (TPSA) is 141 Å². The lowest BCUT2D eigenvalue weighted by atomic mass is 10.2. The van der Waals surface area contributed by atoms with Crippen molar-refractivity contribution < 1.29 is 13.9 Å². The average Bonchev–Trinajstić information content (AvgIpc) is 3.37. The predicted molar refractivity (Wildman–Crippen MR) is 146 cm³/mol. The lowest BCUT2D eigenvalue weighted by Gasteiger charge is -2.27. The molecule has 3 N–H and O–H groups in total. The van der Waals surface area contributed by atoms with Gasteiger partial charge in [-0.25, -0.2) is 14.4 Å². The first-order chi connectivity index (χ1) is 19.5. The van der Waals surface area contributed by atoms with Gasteiger partial charge in [0.2, 0.25) is 17.7 Å². The molecule has 40 heavy (non-hydrogen) atoms. The fourth-order valence-electron chi connectivity index (χ4n) is 4.09. The summed E-state index contributed by atoms with van der Waals surface area (Å²) in [6, 6.07) is 11.0. The number of carbonyl (C=O) groups is 1. The SMILES string of the molecule is C=CC(=O)Nc1cccc(-n2c(=O)c(Oc3ccc(F)cn3)cc3cnc(Nc4cnn(C5CNC5)c4)nc32)c1. The third-order valence-corrected chi connectivity index (χ3v) is 6.17. The van der Waals surface area contributed by atoms with Crippen LogP contribution in [-0.2, 0) is 4.79 Å². The van der Waals surface area contributed by atoms with Gasteiger partial charge in [0.1, 0.15) is 5.82 Å². The molecule has 1 amide bonds. The Bertz CT molecular complexity index is 1800. The molecule has 0 atom stereocenters. The largest absolute Gasteiger partial charge is 0.433 e. The molecule has 1 saturated heterocycles. The van der Waals surface area contributed by atoms with Crippen molar-refractivity contribution >= 4 is 34.3 Å². The zero-order chi connectivity index (χ0) is 27.6. The molecule has 0 radical (unpaired) electrons. The van der Waals surface area contributed by atoms with Gasteiger partial charge in [0, 0.05) is 42.6 Å². The summed E-state index contributed by atoms with van der Waals surface area (Å²) >= 11 is 0. The summed E-state index contributed by atoms with van der Waals surface area (Å²) in [5.41, 5.74) is 1.27. The van der Waals surface area contributed by atoms with Crippen LogP contribution in [0.4, 0.5) is 21.7 Å². The molecule has 5 heterocycles. The normalized spacial score (nSPS) is 13.0. The van der Waals surface area contributed by atoms with Gasteiger partial charge < -0.3 is 20.7 Å². The van der Waals surface area contributed by atoms with Crippen LogP contribution in [0.1, 0.15) is 6.04 Å². The highest BCUT2D eigenvalue weighted by atomic mass is 19.1. The lowest BCUT2D eigenvalue weighted by Crippen LogP contribution is -2.43. The minimum atomic E-state index is -0.555. The summed E-state index contributed by atoms with van der Waals surface area (Å²) in [7, 11) is 0. The van der Waals surface area contributed by atoms with E-state index in [2.05, 4.69) is 42.6 Å². The summed E-state index contributed by atoms with van der Waals surface area (Å²) in [6.07, 6.45) is 7.23. The van der Waals surface area contributed by atoms with Gasteiger partial charge >= 0.3 is 0 Å². The summed E-state index contributed by atoms with van der Waals surface area (Å²) in [5, 5.41) is 13.9. The molecule has 0 spiro atoms. The number of hydrogen-bond acceptors (Lipinski definition) is 9. The molecular formula is C27H22FN9O3. The number of ether oxygens (including phenoxy) is 1. The van der Waals surface area contributed by atoms with Gasteiger partial charge in [0.05, 0.1) is 29.8 Å². The highest BCUT2D eigenvalue weighted by Gasteiger charge is 2.20. The first kappa shape index (κ1) is 24.9. The van der Waals surface area contributed by atoms with Crippen LogP contribution in [0, 0.1) is 5.82 Å². The van der Waals surface area contributed by atoms with E-state index in [1.54, 1.807) is 36.7 Å². The maximum atomic E-state index is 13.8. The molecule has 0 unspecified atom stereocenters. The smallest absolute Gasteiger partial charge is 0.299 e. The number of hydrogen-bond donors (Lipinski definition) is 3. The fourth-order valence-corrected chi connectivity index (χ4v) is 4.09. The molecule has 12 nitrogen and oxygen atoms in total. The van der Waals surface area contributed by atoms with Crippen LogP contribution < -0.4 is 26.2 Å². The average molecular weight is 540 g/mol. The van der Waals surface area contributed by atoms with Crippen molar-refractivity contribution in [1.82, 2.24) is 34.6 Å². The van der Waals surface area contributed by atoms with Crippen molar-refractivity contribution in [2.24, 2.45) is 0 Å². The van der Waals surface area contributed by atoms with Gasteiger partial charge in [-0.1, -0.05) is 12.6 Å². The molecule has 1 aromatic carbocycles. The van der Waals surface area contributed by atoms with Gasteiger partial charge in [-0.15, -0.1) is 0 Å². The third kappa shape index (κ3) is 5.00. The summed E-state index contributed by atoms with van der Waals surface area (Å²) in [4.78, 5) is 38.6. The second-order valence-electron chi connectivity index (χ2n) is 8.93. The van der Waals surface area contributed by atoms with Crippen molar-refractivity contribution in [3.8, 4) is 17.3 Å². The Morgan fingerprint density at radius 3 is 2.75 bits per heavy atom. The number of pyridine rings is 2. The molecule has 5 aromatic rings. The van der Waals surface area contributed by atoms with E-state index >= 15 is 0 Å². The molecule has 0 saturated carbocycles. The van der Waals surface area contributed by atoms with Gasteiger partial charge in [-0.3, -0.25) is 18.8 Å². The molecule has 1 aliphatic rings. The van der Waals surface area contributed by atoms with Crippen LogP contribution in [0.15, 0.2) is 84.7 Å². The van der Waals surface area contributed by atoms with Gasteiger partial charge in [-0.2, -0.15) is 10.1 Å². The summed E-state index contributed by atoms with van der Waals surface area (Å²) in [5.74, 6) is -0.733. The highest BCUT2D eigenvalue weighted by molar-refractivity contribution is 5.99. The van der Waals surface area contributed by atoms with E-state index in [0.29, 0.717) is 28.5 Å². The highest BCUT2D eigenvalue weighted by Crippen LogP contribution is 2.25. The molecule has 6 rings (SSSR count). The Labute approximate surface area is 226 Å². The van der Waals surface area contributed by atoms with Crippen LogP contribution in [-0.4, -0.2) is 48.3 Å². The number of anilines is 3. The van der Waals surface area contributed by atoms with Crippen molar-refractivity contribution in [3.05, 3.63) is 96.1 Å². The second-order valence-corrected chi connectivity index (χ2v) is 8.93. The van der Waals surface area contributed by atoms with Crippen LogP contribution in [0.2, 0.25) is 0 Å². The van der Waals surface area contributed by atoms with Gasteiger partial charge in [-0.05, 0) is 36.4 Å². The number of benzene rings is 1. The quantitative estimate of drug-likeness (QED) is 0.253. The number of rotatable bonds is 8. The van der Waals surface area contributed by atoms with E-state index in [9.17, 15) is 14.0 Å². The Morgan fingerprint density at radius 2 is 2.00 bits per heavy atom. The summed E-state index contributed by atoms with van der Waals surface area (Å²) < 4.78 is 22.3. The van der Waals surface area contributed by atoms with Crippen molar-refractivity contribution in [3.63, 3.8) is 0 Å². The zero-order valence-corrected chi connectivity index (χ0v) is 20.9. The van der Waals surface area contributed by atoms with Crippen LogP contribution in [0.5, 0.6) is 11.6 Å². The second kappa shape index (κ2) is 10.4. The van der Waals surface area contributed by atoms with Gasteiger partial charge in [0.25, 0.3) is 5.56 Å². The maximum Gasteiger partial charge on any atom is 0.299 e. The number of nitrogens with one attached hydrogen (secondary N) is 3. The number of nitrogens with zero attached hydrogens (tertiary/aromatic N) is 6. The van der Waals surface area contributed by atoms with E-state index in [0.717, 1.165) is 25.4 Å². The lowest BCUT2D eigenvalue weighted by molar-refractivity contribution is -0.111. The number of amides is 1. The van der Waals surface area contributed by atoms with Crippen molar-refractivity contribution in [2.75, 3.05) is 23.7 Å². The molecule has 200 valence electrons. The minimum absolute atomic E-state index is 0.0364. The Morgan fingerprint density at radius 1 is 1.12 bits per heavy atom. The number of aromatic nitrogens is 6. The molecule has 0 bridgehead atoms. The maximum absolute atomic E-state index is 13.8. The number of fused-ring (bicyclic) bond motifs is 1. The van der Waals surface area contributed by atoms with E-state index in [1.807, 2.05) is 10.9 Å². The first-order valence-corrected chi connectivity index (χ1v) is 12.2. The molecule has 1 fully saturated rings. The van der Waals surface area contributed by atoms with Gasteiger partial charge in [0.15, 0.2) is 11.4 Å². The number of halogens is 1. The molecular weight excluding hydrogens is 517 g/mol. The third-order valence-electron chi connectivity index (χ3n) is 6.17. The molecule has 4 aromatic heterocycles. The Kier molecular flexibility index (Phi) is 6.46. The minimum Gasteiger partial charge on any atom is -0.433 e. The Balaban J connectivity index is 1.44. The van der Waals surface area contributed by atoms with Crippen LogP contribution in [0.3, 0.4) is 0 Å². The molecule has 0 aliphatic carbocycles. The van der Waals surface area contributed by atoms with Crippen LogP contribution in [0.25, 0.3) is 16.7 Å². The summed E-state index contributed by atoms with van der Waals surface area (Å²) in [6.45, 7) is 5.17. The fraction of sp³-hybridized carbons (Fsp3) is 0.111. The van der Waals surface area contributed by atoms with Crippen molar-refractivity contribution in [1.29, 1.82) is 0 Å². The van der Waals surface area contributed by atoms with E-state index < -0.39 is 17.3 Å². The molecule has 1 aliphatic heterocycles. The predicted octanol–water partition coefficient (Wildman–Crippen LogP) is 3.32. The van der Waals surface area contributed by atoms with Crippen molar-refractivity contribution in [2.45, 2.75) is 6.04 Å². The molecule has 13 heteroatoms. The monoisotopic (exact) mass is 539 g/mol. The number of carbonyl (C=O) groups excluding carboxylic acids is 1. The van der Waals surface area contributed by atoms with E-state index in [-0.39, 0.29) is 23.2 Å².